The molecule has 0 unspecified atom stereocenters. The van der Waals surface area contributed by atoms with Gasteiger partial charge in [-0.3, -0.25) is 0 Å². The van der Waals surface area contributed by atoms with E-state index in [4.69, 9.17) is 5.11 Å². The summed E-state index contributed by atoms with van der Waals surface area (Å²) >= 11 is 0. The van der Waals surface area contributed by atoms with E-state index in [1.165, 1.54) is 0 Å². The Morgan fingerprint density at radius 2 is 2.36 bits per heavy atom. The van der Waals surface area contributed by atoms with Gasteiger partial charge in [0.2, 0.25) is 0 Å². The zero-order valence-corrected chi connectivity index (χ0v) is 5.36. The Morgan fingerprint density at radius 3 is 2.73 bits per heavy atom. The number of ether oxygens (including phenoxy) is 2. The van der Waals surface area contributed by atoms with Gasteiger partial charge in [0.25, 0.3) is 0 Å². The summed E-state index contributed by atoms with van der Waals surface area (Å²) in [5.41, 5.74) is -0.0904. The number of esters is 1. The molecule has 0 fully saturated rings. The molecule has 0 saturated heterocycles. The fourth-order valence-electron chi connectivity index (χ4n) is 0.530. The third-order valence-electron chi connectivity index (χ3n) is 1.01. The quantitative estimate of drug-likeness (QED) is 0.445. The molecule has 1 N–H and O–H groups in total. The van der Waals surface area contributed by atoms with Crippen molar-refractivity contribution in [2.24, 2.45) is 0 Å². The molecule has 0 spiro atoms. The van der Waals surface area contributed by atoms with Gasteiger partial charge < -0.3 is 14.6 Å². The molecule has 0 bridgehead atoms. The lowest BCUT2D eigenvalue weighted by atomic mass is 10.3. The number of carbonyl (C=O) groups excluding carboxylic acids is 1. The molecule has 5 heteroatoms. The van der Waals surface area contributed by atoms with Gasteiger partial charge in [0.15, 0.2) is 5.76 Å². The molecule has 5 nitrogen and oxygen atoms in total. The summed E-state index contributed by atoms with van der Waals surface area (Å²) in [5, 5.41) is 8.11. The van der Waals surface area contributed by atoms with Gasteiger partial charge in [-0.25, -0.2) is 9.59 Å². The van der Waals surface area contributed by atoms with Crippen LogP contribution in [-0.2, 0) is 14.3 Å². The van der Waals surface area contributed by atoms with Crippen LogP contribution in [0, 0.1) is 0 Å². The number of carboxylic acid groups (broad SMARTS) is 1. The van der Waals surface area contributed by atoms with Crippen LogP contribution < -0.4 is 0 Å². The molecule has 1 aliphatic rings. The van der Waals surface area contributed by atoms with Crippen molar-refractivity contribution in [2.45, 2.75) is 0 Å². The third kappa shape index (κ3) is 1.37. The van der Waals surface area contributed by atoms with Gasteiger partial charge in [-0.05, 0) is 0 Å². The standard InChI is InChI=1S/C6H4O5/c1-3-4(11-6(8)9)2-10-5(3)7/h2H,1H2,(H,8,9). The van der Waals surface area contributed by atoms with E-state index >= 15 is 0 Å². The van der Waals surface area contributed by atoms with Crippen LogP contribution in [0.25, 0.3) is 0 Å². The smallest absolute Gasteiger partial charge is 0.449 e. The summed E-state index contributed by atoms with van der Waals surface area (Å²) in [4.78, 5) is 20.5. The Bertz CT molecular complexity index is 262. The first-order valence-corrected chi connectivity index (χ1v) is 2.62. The number of carbonyl (C=O) groups is 2. The fraction of sp³-hybridized carbons (Fsp3) is 0. The molecule has 0 amide bonds. The Morgan fingerprint density at radius 1 is 1.73 bits per heavy atom. The first kappa shape index (κ1) is 7.33. The van der Waals surface area contributed by atoms with Gasteiger partial charge in [-0.1, -0.05) is 6.58 Å². The fourth-order valence-corrected chi connectivity index (χ4v) is 0.530. The summed E-state index contributed by atoms with van der Waals surface area (Å²) in [6, 6.07) is 0. The van der Waals surface area contributed by atoms with Gasteiger partial charge in [-0.2, -0.15) is 0 Å². The molecule has 0 aliphatic carbocycles. The topological polar surface area (TPSA) is 72.8 Å². The Labute approximate surface area is 61.5 Å². The molecule has 0 aromatic rings. The number of hydrogen-bond acceptors (Lipinski definition) is 4. The van der Waals surface area contributed by atoms with Gasteiger partial charge >= 0.3 is 12.1 Å². The SMILES string of the molecule is C=C1C(=O)OC=C1OC(=O)O. The van der Waals surface area contributed by atoms with Crippen molar-refractivity contribution in [1.82, 2.24) is 0 Å². The molecule has 1 aliphatic heterocycles. The maximum Gasteiger partial charge on any atom is 0.511 e. The van der Waals surface area contributed by atoms with Crippen LogP contribution in [-0.4, -0.2) is 17.2 Å². The second kappa shape index (κ2) is 2.45. The van der Waals surface area contributed by atoms with Gasteiger partial charge in [0.05, 0.1) is 5.57 Å². The monoisotopic (exact) mass is 156 g/mol. The van der Waals surface area contributed by atoms with E-state index < -0.39 is 12.1 Å². The van der Waals surface area contributed by atoms with Crippen LogP contribution >= 0.6 is 0 Å². The summed E-state index contributed by atoms with van der Waals surface area (Å²) in [6.45, 7) is 3.24. The molecular weight excluding hydrogens is 152 g/mol. The van der Waals surface area contributed by atoms with Crippen molar-refractivity contribution in [3.05, 3.63) is 24.2 Å². The first-order valence-electron chi connectivity index (χ1n) is 2.62. The van der Waals surface area contributed by atoms with E-state index in [0.29, 0.717) is 0 Å². The van der Waals surface area contributed by atoms with E-state index in [9.17, 15) is 9.59 Å². The summed E-state index contributed by atoms with van der Waals surface area (Å²) < 4.78 is 8.42. The second-order valence-corrected chi connectivity index (χ2v) is 1.73. The van der Waals surface area contributed by atoms with Gasteiger partial charge in [0, 0.05) is 0 Å². The minimum absolute atomic E-state index is 0.0904. The minimum atomic E-state index is -1.50. The van der Waals surface area contributed by atoms with Crippen molar-refractivity contribution >= 4 is 12.1 Å². The van der Waals surface area contributed by atoms with Crippen LogP contribution in [0.4, 0.5) is 4.79 Å². The van der Waals surface area contributed by atoms with Gasteiger partial charge in [-0.15, -0.1) is 0 Å². The Kier molecular flexibility index (Phi) is 1.63. The highest BCUT2D eigenvalue weighted by Gasteiger charge is 2.23. The normalized spacial score (nSPS) is 15.8. The molecule has 0 aromatic heterocycles. The predicted molar refractivity (Wildman–Crippen MR) is 32.4 cm³/mol. The summed E-state index contributed by atoms with van der Waals surface area (Å²) in [6.07, 6.45) is -0.602. The van der Waals surface area contributed by atoms with E-state index in [1.807, 2.05) is 0 Å². The summed E-state index contributed by atoms with van der Waals surface area (Å²) in [7, 11) is 0. The molecule has 0 radical (unpaired) electrons. The van der Waals surface area contributed by atoms with Gasteiger partial charge in [0.1, 0.15) is 6.26 Å². The molecule has 1 heterocycles. The van der Waals surface area contributed by atoms with Crippen molar-refractivity contribution in [3.8, 4) is 0 Å². The van der Waals surface area contributed by atoms with E-state index in [1.54, 1.807) is 0 Å². The third-order valence-corrected chi connectivity index (χ3v) is 1.01. The maximum atomic E-state index is 10.5. The number of rotatable bonds is 1. The molecule has 1 rings (SSSR count). The van der Waals surface area contributed by atoms with Crippen molar-refractivity contribution < 1.29 is 24.2 Å². The molecule has 0 atom stereocenters. The zero-order chi connectivity index (χ0) is 8.43. The number of cyclic esters (lactones) is 1. The molecule has 11 heavy (non-hydrogen) atoms. The zero-order valence-electron chi connectivity index (χ0n) is 5.36. The lowest BCUT2D eigenvalue weighted by molar-refractivity contribution is -0.132. The van der Waals surface area contributed by atoms with E-state index in [-0.39, 0.29) is 11.3 Å². The van der Waals surface area contributed by atoms with E-state index in [0.717, 1.165) is 6.26 Å². The highest BCUT2D eigenvalue weighted by Crippen LogP contribution is 2.18. The molecule has 0 saturated carbocycles. The van der Waals surface area contributed by atoms with Crippen molar-refractivity contribution in [3.63, 3.8) is 0 Å². The average molecular weight is 156 g/mol. The predicted octanol–water partition coefficient (Wildman–Crippen LogP) is 0.635. The van der Waals surface area contributed by atoms with Crippen LogP contribution in [0.3, 0.4) is 0 Å². The summed E-state index contributed by atoms with van der Waals surface area (Å²) in [5.74, 6) is -0.858. The Balaban J connectivity index is 2.68. The van der Waals surface area contributed by atoms with Crippen molar-refractivity contribution in [2.75, 3.05) is 0 Å². The first-order chi connectivity index (χ1) is 5.11. The highest BCUT2D eigenvalue weighted by atomic mass is 16.7. The van der Waals surface area contributed by atoms with Crippen LogP contribution in [0.15, 0.2) is 24.2 Å². The van der Waals surface area contributed by atoms with E-state index in [2.05, 4.69) is 16.1 Å². The molecular formula is C6H4O5. The van der Waals surface area contributed by atoms with Crippen LogP contribution in [0.2, 0.25) is 0 Å². The molecule has 0 aromatic carbocycles. The van der Waals surface area contributed by atoms with Crippen LogP contribution in [0.5, 0.6) is 0 Å². The molecule has 58 valence electrons. The maximum absolute atomic E-state index is 10.5. The number of hydrogen-bond donors (Lipinski definition) is 1. The largest absolute Gasteiger partial charge is 0.511 e. The van der Waals surface area contributed by atoms with Crippen LogP contribution in [0.1, 0.15) is 0 Å². The lowest BCUT2D eigenvalue weighted by Crippen LogP contribution is -2.02. The highest BCUT2D eigenvalue weighted by molar-refractivity contribution is 5.95. The minimum Gasteiger partial charge on any atom is -0.449 e. The Hall–Kier alpha value is -1.78. The van der Waals surface area contributed by atoms with Crippen molar-refractivity contribution in [1.29, 1.82) is 0 Å². The average Bonchev–Trinajstić information content (AvgIpc) is 2.18. The second-order valence-electron chi connectivity index (χ2n) is 1.73. The lowest BCUT2D eigenvalue weighted by Gasteiger charge is -1.95.